The van der Waals surface area contributed by atoms with Crippen molar-refractivity contribution in [3.05, 3.63) is 59.9 Å². The molecule has 3 atom stereocenters. The molecule has 0 saturated carbocycles. The van der Waals surface area contributed by atoms with Crippen LogP contribution in [0.2, 0.25) is 0 Å². The molecule has 1 N–H and O–H groups in total. The average Bonchev–Trinajstić information content (AvgIpc) is 3.11. The fraction of sp³-hybridized carbons (Fsp3) is 0.250. The molecule has 10 heteroatoms. The van der Waals surface area contributed by atoms with Gasteiger partial charge in [0, 0.05) is 29.5 Å². The van der Waals surface area contributed by atoms with Crippen LogP contribution in [0.3, 0.4) is 0 Å². The van der Waals surface area contributed by atoms with Crippen LogP contribution in [0.1, 0.15) is 23.7 Å². The molecular formula is C20H18FN2O6S-. The molecule has 1 saturated heterocycles. The first-order valence-electron chi connectivity index (χ1n) is 8.98. The molecule has 0 aliphatic carbocycles. The van der Waals surface area contributed by atoms with Crippen molar-refractivity contribution in [2.45, 2.75) is 30.4 Å². The number of anilines is 1. The molecule has 1 heterocycles. The minimum absolute atomic E-state index is 0.0159. The number of halogens is 1. The highest BCUT2D eigenvalue weighted by molar-refractivity contribution is 7.79. The molecule has 8 nitrogen and oxygen atoms in total. The van der Waals surface area contributed by atoms with Gasteiger partial charge in [0.25, 0.3) is 5.91 Å². The second-order valence-electron chi connectivity index (χ2n) is 6.70. The zero-order chi connectivity index (χ0) is 21.8. The fourth-order valence-corrected chi connectivity index (χ4v) is 3.58. The largest absolute Gasteiger partial charge is 0.768 e. The van der Waals surface area contributed by atoms with Gasteiger partial charge in [-0.05, 0) is 59.6 Å². The smallest absolute Gasteiger partial charge is 0.302 e. The Morgan fingerprint density at radius 3 is 2.33 bits per heavy atom. The zero-order valence-corrected chi connectivity index (χ0v) is 16.7. The summed E-state index contributed by atoms with van der Waals surface area (Å²) in [4.78, 5) is 38.4. The third-order valence-electron chi connectivity index (χ3n) is 4.56. The number of carbonyl (C=O) groups is 3. The number of benzene rings is 2. The molecule has 2 amide bonds. The number of esters is 1. The summed E-state index contributed by atoms with van der Waals surface area (Å²) in [6, 6.07) is 9.49. The van der Waals surface area contributed by atoms with Gasteiger partial charge >= 0.3 is 5.97 Å². The lowest BCUT2D eigenvalue weighted by molar-refractivity contribution is -0.145. The first-order chi connectivity index (χ1) is 14.2. The number of likely N-dealkylation sites (tertiary alicyclic amines) is 1. The number of nitrogens with one attached hydrogen (secondary N) is 1. The molecule has 3 rings (SSSR count). The van der Waals surface area contributed by atoms with Crippen molar-refractivity contribution >= 4 is 34.6 Å². The van der Waals surface area contributed by atoms with E-state index < -0.39 is 46.8 Å². The van der Waals surface area contributed by atoms with E-state index in [1.165, 1.54) is 48.2 Å². The monoisotopic (exact) mass is 433 g/mol. The topological polar surface area (TPSA) is 116 Å². The maximum Gasteiger partial charge on any atom is 0.302 e. The summed E-state index contributed by atoms with van der Waals surface area (Å²) in [6.07, 6.45) is -0.561. The summed E-state index contributed by atoms with van der Waals surface area (Å²) in [6.45, 7) is 1.25. The highest BCUT2D eigenvalue weighted by Gasteiger charge is 2.41. The Kier molecular flexibility index (Phi) is 6.58. The Morgan fingerprint density at radius 1 is 1.13 bits per heavy atom. The molecule has 1 fully saturated rings. The molecule has 30 heavy (non-hydrogen) atoms. The van der Waals surface area contributed by atoms with Gasteiger partial charge in [-0.2, -0.15) is 0 Å². The molecule has 1 aliphatic rings. The van der Waals surface area contributed by atoms with Crippen LogP contribution in [-0.2, 0) is 25.4 Å². The highest BCUT2D eigenvalue weighted by atomic mass is 32.2. The Bertz CT molecular complexity index is 980. The third-order valence-corrected chi connectivity index (χ3v) is 5.22. The first-order valence-corrected chi connectivity index (χ1v) is 10.1. The lowest BCUT2D eigenvalue weighted by Crippen LogP contribution is -2.43. The summed E-state index contributed by atoms with van der Waals surface area (Å²) in [7, 11) is 0. The summed E-state index contributed by atoms with van der Waals surface area (Å²) in [5.74, 6) is -2.04. The number of amides is 2. The SMILES string of the molecule is CC(=O)O[C@@H]1C[C@@H](C(=O)Nc2ccc(S(=O)[O-])cc2)N(C(=O)c2ccc(F)cc2)C1. The van der Waals surface area contributed by atoms with Crippen LogP contribution in [-0.4, -0.2) is 50.1 Å². The van der Waals surface area contributed by atoms with Gasteiger partial charge in [-0.15, -0.1) is 0 Å². The molecule has 2 aromatic rings. The van der Waals surface area contributed by atoms with E-state index in [-0.39, 0.29) is 23.4 Å². The minimum Gasteiger partial charge on any atom is -0.768 e. The van der Waals surface area contributed by atoms with Gasteiger partial charge in [0.15, 0.2) is 0 Å². The van der Waals surface area contributed by atoms with Crippen molar-refractivity contribution in [1.82, 2.24) is 4.90 Å². The number of hydrogen-bond donors (Lipinski definition) is 1. The van der Waals surface area contributed by atoms with E-state index in [2.05, 4.69) is 5.32 Å². The van der Waals surface area contributed by atoms with Crippen LogP contribution in [0.5, 0.6) is 0 Å². The minimum atomic E-state index is -2.39. The Hall–Kier alpha value is -3.11. The van der Waals surface area contributed by atoms with E-state index in [4.69, 9.17) is 4.74 Å². The van der Waals surface area contributed by atoms with Crippen molar-refractivity contribution in [1.29, 1.82) is 0 Å². The quantitative estimate of drug-likeness (QED) is 0.568. The summed E-state index contributed by atoms with van der Waals surface area (Å²) >= 11 is -2.39. The number of hydrogen-bond acceptors (Lipinski definition) is 6. The molecule has 0 aromatic heterocycles. The number of rotatable bonds is 5. The van der Waals surface area contributed by atoms with Gasteiger partial charge in [-0.25, -0.2) is 4.39 Å². The van der Waals surface area contributed by atoms with Crippen LogP contribution < -0.4 is 5.32 Å². The zero-order valence-electron chi connectivity index (χ0n) is 15.9. The summed E-state index contributed by atoms with van der Waals surface area (Å²) in [5, 5.41) is 2.64. The Morgan fingerprint density at radius 2 is 1.77 bits per heavy atom. The fourth-order valence-electron chi connectivity index (χ4n) is 3.22. The lowest BCUT2D eigenvalue weighted by atomic mass is 10.1. The van der Waals surface area contributed by atoms with Gasteiger partial charge in [0.05, 0.1) is 6.54 Å². The molecule has 0 radical (unpaired) electrons. The second kappa shape index (κ2) is 9.14. The highest BCUT2D eigenvalue weighted by Crippen LogP contribution is 2.25. The van der Waals surface area contributed by atoms with E-state index in [1.807, 2.05) is 0 Å². The number of ether oxygens (including phenoxy) is 1. The number of nitrogens with zero attached hydrogens (tertiary/aromatic N) is 1. The van der Waals surface area contributed by atoms with Crippen molar-refractivity contribution < 1.29 is 32.3 Å². The average molecular weight is 433 g/mol. The van der Waals surface area contributed by atoms with Gasteiger partial charge in [-0.3, -0.25) is 18.6 Å². The van der Waals surface area contributed by atoms with E-state index in [1.54, 1.807) is 0 Å². The molecule has 0 bridgehead atoms. The van der Waals surface area contributed by atoms with E-state index in [9.17, 15) is 27.5 Å². The van der Waals surface area contributed by atoms with Crippen LogP contribution >= 0.6 is 0 Å². The summed E-state index contributed by atoms with van der Waals surface area (Å²) < 4.78 is 40.2. The Labute approximate surface area is 174 Å². The van der Waals surface area contributed by atoms with Gasteiger partial charge in [-0.1, -0.05) is 0 Å². The first kappa shape index (κ1) is 21.6. The molecule has 158 valence electrons. The van der Waals surface area contributed by atoms with Crippen LogP contribution in [0.15, 0.2) is 53.4 Å². The van der Waals surface area contributed by atoms with Crippen LogP contribution in [0, 0.1) is 5.82 Å². The molecule has 2 aromatic carbocycles. The maximum absolute atomic E-state index is 13.2. The van der Waals surface area contributed by atoms with Crippen molar-refractivity contribution in [3.63, 3.8) is 0 Å². The second-order valence-corrected chi connectivity index (χ2v) is 7.64. The molecule has 1 aliphatic heterocycles. The van der Waals surface area contributed by atoms with Gasteiger partial charge in [0.1, 0.15) is 18.0 Å². The normalized spacial score (nSPS) is 19.2. The van der Waals surface area contributed by atoms with Gasteiger partial charge < -0.3 is 19.5 Å². The predicted molar refractivity (Wildman–Crippen MR) is 104 cm³/mol. The molecule has 0 spiro atoms. The Balaban J connectivity index is 1.79. The number of carbonyl (C=O) groups excluding carboxylic acids is 3. The van der Waals surface area contributed by atoms with Crippen molar-refractivity contribution in [3.8, 4) is 0 Å². The lowest BCUT2D eigenvalue weighted by Gasteiger charge is -2.23. The summed E-state index contributed by atoms with van der Waals surface area (Å²) in [5.41, 5.74) is 0.541. The maximum atomic E-state index is 13.2. The van der Waals surface area contributed by atoms with E-state index in [0.717, 1.165) is 12.1 Å². The molecular weight excluding hydrogens is 415 g/mol. The van der Waals surface area contributed by atoms with Crippen LogP contribution in [0.4, 0.5) is 10.1 Å². The molecule has 1 unspecified atom stereocenters. The van der Waals surface area contributed by atoms with Crippen molar-refractivity contribution in [2.24, 2.45) is 0 Å². The van der Waals surface area contributed by atoms with Crippen molar-refractivity contribution in [2.75, 3.05) is 11.9 Å². The van der Waals surface area contributed by atoms with Crippen LogP contribution in [0.25, 0.3) is 0 Å². The van der Waals surface area contributed by atoms with Gasteiger partial charge in [0.2, 0.25) is 5.91 Å². The predicted octanol–water partition coefficient (Wildman–Crippen LogP) is 1.85. The van der Waals surface area contributed by atoms with E-state index in [0.29, 0.717) is 5.69 Å². The standard InChI is InChI=1S/C20H19FN2O6S/c1-12(24)29-16-10-18(19(25)22-15-6-8-17(9-7-15)30(27)28)23(11-16)20(26)13-2-4-14(21)5-3-13/h2-9,16,18H,10-11H2,1H3,(H,22,25)(H,27,28)/p-1/t16-,18+/m1/s1. The van der Waals surface area contributed by atoms with E-state index >= 15 is 0 Å². The third kappa shape index (κ3) is 5.08.